The molecule has 0 aromatic heterocycles. The van der Waals surface area contributed by atoms with Crippen molar-refractivity contribution in [1.82, 2.24) is 0 Å². The van der Waals surface area contributed by atoms with Gasteiger partial charge in [0.15, 0.2) is 0 Å². The number of rotatable bonds is 9. The van der Waals surface area contributed by atoms with E-state index in [1.165, 1.54) is 20.8 Å². The average molecular weight is 314 g/mol. The third-order valence-corrected chi connectivity index (χ3v) is 5.19. The molecule has 0 saturated carbocycles. The molecular weight excluding hydrogens is 298 g/mol. The van der Waals surface area contributed by atoms with Crippen LogP contribution in [0.25, 0.3) is 0 Å². The predicted octanol–water partition coefficient (Wildman–Crippen LogP) is 3.11. The van der Waals surface area contributed by atoms with Gasteiger partial charge >= 0.3 is 26.7 Å². The van der Waals surface area contributed by atoms with Gasteiger partial charge in [0, 0.05) is 19.8 Å². The molecule has 116 valence electrons. The van der Waals surface area contributed by atoms with E-state index < -0.39 is 46.5 Å². The van der Waals surface area contributed by atoms with E-state index >= 15 is 0 Å². The van der Waals surface area contributed by atoms with E-state index in [1.807, 2.05) is 0 Å². The van der Waals surface area contributed by atoms with Gasteiger partial charge in [0.25, 0.3) is 0 Å². The van der Waals surface area contributed by atoms with Crippen molar-refractivity contribution in [2.24, 2.45) is 0 Å². The first kappa shape index (κ1) is 18.7. The van der Waals surface area contributed by atoms with E-state index in [-0.39, 0.29) is 0 Å². The molecule has 0 radical (unpaired) electrons. The minimum atomic E-state index is -5.60. The Balaban J connectivity index is 5.66. The van der Waals surface area contributed by atoms with Gasteiger partial charge < -0.3 is 13.3 Å². The number of alkyl halides is 6. The molecule has 0 saturated heterocycles. The Hall–Kier alpha value is -0.323. The van der Waals surface area contributed by atoms with Gasteiger partial charge in [-0.25, -0.2) is 8.78 Å². The summed E-state index contributed by atoms with van der Waals surface area (Å²) in [4.78, 5) is 0. The predicted molar refractivity (Wildman–Crippen MR) is 56.5 cm³/mol. The summed E-state index contributed by atoms with van der Waals surface area (Å²) in [6, 6.07) is 0. The zero-order chi connectivity index (χ0) is 15.3. The van der Waals surface area contributed by atoms with E-state index in [2.05, 4.69) is 13.3 Å². The summed E-state index contributed by atoms with van der Waals surface area (Å²) in [7, 11) is -5.28. The number of hydrogen-bond acceptors (Lipinski definition) is 3. The summed E-state index contributed by atoms with van der Waals surface area (Å²) in [5.74, 6) is -5.60. The minimum Gasteiger partial charge on any atom is -0.370 e. The van der Waals surface area contributed by atoms with E-state index in [9.17, 15) is 26.3 Å². The van der Waals surface area contributed by atoms with Crippen LogP contribution in [-0.2, 0) is 13.3 Å². The molecule has 0 amide bonds. The Kier molecular flexibility index (Phi) is 6.79. The number of halogens is 6. The van der Waals surface area contributed by atoms with Crippen LogP contribution in [0.3, 0.4) is 0 Å². The zero-order valence-electron chi connectivity index (χ0n) is 10.7. The normalized spacial score (nSPS) is 14.2. The van der Waals surface area contributed by atoms with Crippen LogP contribution in [0.1, 0.15) is 20.8 Å². The van der Waals surface area contributed by atoms with Crippen LogP contribution in [0.5, 0.6) is 0 Å². The molecule has 0 spiro atoms. The largest absolute Gasteiger partial charge is 0.582 e. The monoisotopic (exact) mass is 314 g/mol. The first-order valence-electron chi connectivity index (χ1n) is 5.58. The van der Waals surface area contributed by atoms with E-state index in [0.717, 1.165) is 0 Å². The van der Waals surface area contributed by atoms with Crippen molar-refractivity contribution in [2.75, 3.05) is 19.8 Å². The first-order valence-corrected chi connectivity index (χ1v) is 7.31. The topological polar surface area (TPSA) is 27.7 Å². The first-order chi connectivity index (χ1) is 8.63. The van der Waals surface area contributed by atoms with Crippen LogP contribution in [0.15, 0.2) is 0 Å². The average Bonchev–Trinajstić information content (AvgIpc) is 2.29. The Morgan fingerprint density at radius 3 is 1.37 bits per heavy atom. The highest BCUT2D eigenvalue weighted by Crippen LogP contribution is 2.46. The van der Waals surface area contributed by atoms with E-state index in [4.69, 9.17) is 0 Å². The van der Waals surface area contributed by atoms with Gasteiger partial charge in [-0.3, -0.25) is 0 Å². The van der Waals surface area contributed by atoms with Crippen LogP contribution in [0.4, 0.5) is 26.3 Å². The molecule has 0 heterocycles. The molecule has 0 aliphatic carbocycles. The van der Waals surface area contributed by atoms with Gasteiger partial charge in [-0.1, -0.05) is 0 Å². The molecule has 0 rings (SSSR count). The zero-order valence-corrected chi connectivity index (χ0v) is 11.7. The molecule has 0 bridgehead atoms. The molecule has 0 aliphatic rings. The van der Waals surface area contributed by atoms with Crippen molar-refractivity contribution in [3.63, 3.8) is 0 Å². The number of hydrogen-bond donors (Lipinski definition) is 0. The Bertz CT molecular complexity index is 260. The molecule has 0 aromatic rings. The fourth-order valence-corrected chi connectivity index (χ4v) is 3.76. The second-order valence-corrected chi connectivity index (χ2v) is 5.96. The SMILES string of the molecule is CCO[Si](OCC)(OCC)C(F)(F)C(F)(F)C(F)F. The van der Waals surface area contributed by atoms with Crippen molar-refractivity contribution >= 4 is 8.80 Å². The maximum atomic E-state index is 13.8. The van der Waals surface area contributed by atoms with Crippen molar-refractivity contribution in [2.45, 2.75) is 38.7 Å². The second-order valence-electron chi connectivity index (χ2n) is 3.35. The second kappa shape index (κ2) is 6.91. The fraction of sp³-hybridized carbons (Fsp3) is 1.00. The lowest BCUT2D eigenvalue weighted by Crippen LogP contribution is -2.69. The molecule has 3 nitrogen and oxygen atoms in total. The van der Waals surface area contributed by atoms with Gasteiger partial charge in [-0.15, -0.1) is 0 Å². The van der Waals surface area contributed by atoms with Gasteiger partial charge in [0.05, 0.1) is 0 Å². The fourth-order valence-electron chi connectivity index (χ4n) is 1.31. The van der Waals surface area contributed by atoms with Crippen LogP contribution >= 0.6 is 0 Å². The van der Waals surface area contributed by atoms with Gasteiger partial charge in [-0.2, -0.15) is 17.6 Å². The smallest absolute Gasteiger partial charge is 0.370 e. The minimum absolute atomic E-state index is 0.429. The third kappa shape index (κ3) is 3.41. The lowest BCUT2D eigenvalue weighted by atomic mass is 10.4. The lowest BCUT2D eigenvalue weighted by Gasteiger charge is -2.37. The molecule has 0 N–H and O–H groups in total. The molecular formula is C9H16F6O3Si. The van der Waals surface area contributed by atoms with Gasteiger partial charge in [0.1, 0.15) is 0 Å². The summed E-state index contributed by atoms with van der Waals surface area (Å²) >= 11 is 0. The van der Waals surface area contributed by atoms with Crippen molar-refractivity contribution in [1.29, 1.82) is 0 Å². The van der Waals surface area contributed by atoms with Crippen LogP contribution in [-0.4, -0.2) is 46.5 Å². The summed E-state index contributed by atoms with van der Waals surface area (Å²) in [5.41, 5.74) is -5.23. The molecule has 0 unspecified atom stereocenters. The molecule has 10 heteroatoms. The van der Waals surface area contributed by atoms with Crippen LogP contribution in [0.2, 0.25) is 0 Å². The Labute approximate surface area is 108 Å². The quantitative estimate of drug-likeness (QED) is 0.483. The summed E-state index contributed by atoms with van der Waals surface area (Å²) in [5, 5.41) is 0. The summed E-state index contributed by atoms with van der Waals surface area (Å²) in [6.07, 6.45) is -4.56. The maximum absolute atomic E-state index is 13.8. The lowest BCUT2D eigenvalue weighted by molar-refractivity contribution is -0.252. The summed E-state index contributed by atoms with van der Waals surface area (Å²) < 4.78 is 91.7. The van der Waals surface area contributed by atoms with Crippen molar-refractivity contribution < 1.29 is 39.6 Å². The van der Waals surface area contributed by atoms with Gasteiger partial charge in [-0.05, 0) is 20.8 Å². The molecule has 0 aliphatic heterocycles. The van der Waals surface area contributed by atoms with Gasteiger partial charge in [0.2, 0.25) is 0 Å². The van der Waals surface area contributed by atoms with Crippen molar-refractivity contribution in [3.8, 4) is 0 Å². The maximum Gasteiger partial charge on any atom is 0.582 e. The van der Waals surface area contributed by atoms with Crippen LogP contribution in [0, 0.1) is 0 Å². The van der Waals surface area contributed by atoms with E-state index in [1.54, 1.807) is 0 Å². The highest BCUT2D eigenvalue weighted by Gasteiger charge is 2.80. The molecule has 0 atom stereocenters. The molecule has 19 heavy (non-hydrogen) atoms. The highest BCUT2D eigenvalue weighted by molar-refractivity contribution is 6.63. The molecule has 0 aromatic carbocycles. The standard InChI is InChI=1S/C9H16F6O3Si/c1-4-16-19(17-5-2,18-6-3)9(14,15)8(12,13)7(10)11/h7H,4-6H2,1-3H3. The third-order valence-electron chi connectivity index (χ3n) is 2.08. The Morgan fingerprint density at radius 1 is 0.842 bits per heavy atom. The molecule has 0 fully saturated rings. The highest BCUT2D eigenvalue weighted by atomic mass is 28.4. The summed E-state index contributed by atoms with van der Waals surface area (Å²) in [6.45, 7) is 2.45. The van der Waals surface area contributed by atoms with Crippen molar-refractivity contribution in [3.05, 3.63) is 0 Å². The van der Waals surface area contributed by atoms with Crippen LogP contribution < -0.4 is 0 Å². The Morgan fingerprint density at radius 2 is 1.16 bits per heavy atom. The van der Waals surface area contributed by atoms with E-state index in [0.29, 0.717) is 0 Å².